The van der Waals surface area contributed by atoms with Gasteiger partial charge < -0.3 is 20.3 Å². The summed E-state index contributed by atoms with van der Waals surface area (Å²) >= 11 is 0. The maximum Gasteiger partial charge on any atom is 0.250 e. The fourth-order valence-corrected chi connectivity index (χ4v) is 2.88. The first kappa shape index (κ1) is 18.6. The van der Waals surface area contributed by atoms with Gasteiger partial charge in [0.15, 0.2) is 0 Å². The summed E-state index contributed by atoms with van der Waals surface area (Å²) in [7, 11) is 2.00. The van der Waals surface area contributed by atoms with E-state index in [1.807, 2.05) is 29.9 Å². The van der Waals surface area contributed by atoms with E-state index in [-0.39, 0.29) is 17.4 Å². The monoisotopic (exact) mass is 360 g/mol. The van der Waals surface area contributed by atoms with Crippen LogP contribution in [-0.2, 0) is 9.53 Å². The van der Waals surface area contributed by atoms with Crippen LogP contribution in [0.15, 0.2) is 24.7 Å². The van der Waals surface area contributed by atoms with Crippen molar-refractivity contribution >= 4 is 17.5 Å². The zero-order chi connectivity index (χ0) is 18.7. The molecule has 0 aromatic carbocycles. The van der Waals surface area contributed by atoms with E-state index in [1.54, 1.807) is 6.20 Å². The minimum atomic E-state index is -0.419. The minimum Gasteiger partial charge on any atom is -0.368 e. The second kappa shape index (κ2) is 7.59. The Hall–Kier alpha value is -2.19. The summed E-state index contributed by atoms with van der Waals surface area (Å²) in [5, 5.41) is 6.47. The van der Waals surface area contributed by atoms with E-state index < -0.39 is 6.10 Å². The van der Waals surface area contributed by atoms with Crippen LogP contribution in [-0.4, -0.2) is 70.6 Å². The number of anilines is 1. The Kier molecular flexibility index (Phi) is 5.43. The predicted molar refractivity (Wildman–Crippen MR) is 100 cm³/mol. The number of carbonyl (C=O) groups excluding carboxylic acids is 1. The van der Waals surface area contributed by atoms with Gasteiger partial charge in [-0.3, -0.25) is 9.20 Å². The van der Waals surface area contributed by atoms with Crippen molar-refractivity contribution in [2.75, 3.05) is 38.6 Å². The van der Waals surface area contributed by atoms with E-state index in [0.717, 1.165) is 12.4 Å². The quantitative estimate of drug-likeness (QED) is 0.828. The summed E-state index contributed by atoms with van der Waals surface area (Å²) in [5.74, 6) is 1.32. The molecule has 1 aliphatic rings. The van der Waals surface area contributed by atoms with E-state index in [1.165, 1.54) is 0 Å². The highest BCUT2D eigenvalue weighted by molar-refractivity contribution is 5.81. The number of fused-ring (bicyclic) bond motifs is 1. The van der Waals surface area contributed by atoms with Crippen molar-refractivity contribution < 1.29 is 9.53 Å². The van der Waals surface area contributed by atoms with Crippen LogP contribution in [0.25, 0.3) is 5.78 Å². The van der Waals surface area contributed by atoms with Crippen LogP contribution in [0.4, 0.5) is 5.82 Å². The lowest BCUT2D eigenvalue weighted by Crippen LogP contribution is -2.55. The third-order valence-electron chi connectivity index (χ3n) is 4.67. The SMILES string of the molecule is CN1CCOC(C(=O)NC(CNc2ccn3ccnc3n2)C(C)(C)C)C1. The molecule has 2 atom stereocenters. The molecule has 2 aromatic heterocycles. The van der Waals surface area contributed by atoms with Gasteiger partial charge in [-0.2, -0.15) is 4.98 Å². The number of hydrogen-bond acceptors (Lipinski definition) is 6. The molecule has 0 bridgehead atoms. The molecule has 2 N–H and O–H groups in total. The van der Waals surface area contributed by atoms with Crippen molar-refractivity contribution in [3.63, 3.8) is 0 Å². The Balaban J connectivity index is 1.63. The molecular formula is C18H28N6O2. The Labute approximate surface area is 153 Å². The van der Waals surface area contributed by atoms with Gasteiger partial charge in [0.2, 0.25) is 5.78 Å². The molecule has 0 radical (unpaired) electrons. The molecule has 142 valence electrons. The number of hydrogen-bond donors (Lipinski definition) is 2. The van der Waals surface area contributed by atoms with Crippen molar-refractivity contribution in [1.82, 2.24) is 24.6 Å². The highest BCUT2D eigenvalue weighted by Gasteiger charge is 2.31. The number of amides is 1. The van der Waals surface area contributed by atoms with Crippen molar-refractivity contribution in [3.05, 3.63) is 24.7 Å². The Bertz CT molecular complexity index is 753. The number of morpholine rings is 1. The Morgan fingerprint density at radius 3 is 2.96 bits per heavy atom. The first-order valence-corrected chi connectivity index (χ1v) is 8.97. The summed E-state index contributed by atoms with van der Waals surface area (Å²) in [6.45, 7) is 8.96. The van der Waals surface area contributed by atoms with Crippen molar-refractivity contribution in [2.24, 2.45) is 5.41 Å². The second-order valence-corrected chi connectivity index (χ2v) is 7.88. The third-order valence-corrected chi connectivity index (χ3v) is 4.67. The Morgan fingerprint density at radius 2 is 2.23 bits per heavy atom. The van der Waals surface area contributed by atoms with E-state index in [0.29, 0.717) is 25.5 Å². The van der Waals surface area contributed by atoms with Gasteiger partial charge in [0.25, 0.3) is 5.91 Å². The smallest absolute Gasteiger partial charge is 0.250 e. The van der Waals surface area contributed by atoms with Crippen LogP contribution in [0.5, 0.6) is 0 Å². The number of ether oxygens (including phenoxy) is 1. The highest BCUT2D eigenvalue weighted by Crippen LogP contribution is 2.20. The fourth-order valence-electron chi connectivity index (χ4n) is 2.88. The van der Waals surface area contributed by atoms with Crippen molar-refractivity contribution in [3.8, 4) is 0 Å². The molecule has 0 saturated carbocycles. The molecule has 3 rings (SSSR count). The third kappa shape index (κ3) is 4.50. The normalized spacial score (nSPS) is 20.1. The largest absolute Gasteiger partial charge is 0.368 e. The van der Waals surface area contributed by atoms with Gasteiger partial charge in [-0.05, 0) is 18.5 Å². The van der Waals surface area contributed by atoms with Gasteiger partial charge in [-0.1, -0.05) is 20.8 Å². The zero-order valence-electron chi connectivity index (χ0n) is 15.9. The van der Waals surface area contributed by atoms with Crippen LogP contribution in [0, 0.1) is 5.41 Å². The van der Waals surface area contributed by atoms with E-state index in [4.69, 9.17) is 4.74 Å². The summed E-state index contributed by atoms with van der Waals surface area (Å²) < 4.78 is 7.48. The average molecular weight is 360 g/mol. The molecule has 26 heavy (non-hydrogen) atoms. The molecule has 8 nitrogen and oxygen atoms in total. The average Bonchev–Trinajstić information content (AvgIpc) is 3.05. The molecule has 2 unspecified atom stereocenters. The van der Waals surface area contributed by atoms with Crippen LogP contribution in [0.3, 0.4) is 0 Å². The molecule has 8 heteroatoms. The molecule has 1 aliphatic heterocycles. The molecule has 2 aromatic rings. The highest BCUT2D eigenvalue weighted by atomic mass is 16.5. The van der Waals surface area contributed by atoms with Gasteiger partial charge in [-0.15, -0.1) is 0 Å². The summed E-state index contributed by atoms with van der Waals surface area (Å²) in [4.78, 5) is 23.4. The summed E-state index contributed by atoms with van der Waals surface area (Å²) in [6.07, 6.45) is 5.06. The van der Waals surface area contributed by atoms with Crippen LogP contribution < -0.4 is 10.6 Å². The van der Waals surface area contributed by atoms with E-state index in [9.17, 15) is 4.79 Å². The molecule has 3 heterocycles. The van der Waals surface area contributed by atoms with Crippen molar-refractivity contribution in [1.29, 1.82) is 0 Å². The van der Waals surface area contributed by atoms with Gasteiger partial charge >= 0.3 is 0 Å². The fraction of sp³-hybridized carbons (Fsp3) is 0.611. The van der Waals surface area contributed by atoms with E-state index in [2.05, 4.69) is 46.3 Å². The molecular weight excluding hydrogens is 332 g/mol. The van der Waals surface area contributed by atoms with Gasteiger partial charge in [0.05, 0.1) is 12.6 Å². The van der Waals surface area contributed by atoms with E-state index >= 15 is 0 Å². The molecule has 1 fully saturated rings. The molecule has 0 spiro atoms. The summed E-state index contributed by atoms with van der Waals surface area (Å²) in [6, 6.07) is 1.83. The van der Waals surface area contributed by atoms with Crippen LogP contribution in [0.1, 0.15) is 20.8 Å². The maximum absolute atomic E-state index is 12.6. The van der Waals surface area contributed by atoms with Gasteiger partial charge in [0.1, 0.15) is 11.9 Å². The van der Waals surface area contributed by atoms with Gasteiger partial charge in [0, 0.05) is 38.2 Å². The summed E-state index contributed by atoms with van der Waals surface area (Å²) in [5.41, 5.74) is -0.110. The number of nitrogens with zero attached hydrogens (tertiary/aromatic N) is 4. The minimum absolute atomic E-state index is 0.0602. The lowest BCUT2D eigenvalue weighted by atomic mass is 9.86. The topological polar surface area (TPSA) is 83.8 Å². The number of nitrogens with one attached hydrogen (secondary N) is 2. The van der Waals surface area contributed by atoms with Crippen LogP contribution in [0.2, 0.25) is 0 Å². The van der Waals surface area contributed by atoms with Crippen molar-refractivity contribution in [2.45, 2.75) is 32.9 Å². The lowest BCUT2D eigenvalue weighted by molar-refractivity contribution is -0.139. The predicted octanol–water partition coefficient (Wildman–Crippen LogP) is 1.00. The zero-order valence-corrected chi connectivity index (χ0v) is 15.9. The lowest BCUT2D eigenvalue weighted by Gasteiger charge is -2.35. The second-order valence-electron chi connectivity index (χ2n) is 7.88. The number of aromatic nitrogens is 3. The maximum atomic E-state index is 12.6. The van der Waals surface area contributed by atoms with Gasteiger partial charge in [-0.25, -0.2) is 4.98 Å². The number of rotatable bonds is 5. The Morgan fingerprint density at radius 1 is 1.42 bits per heavy atom. The number of carbonyl (C=O) groups is 1. The first-order valence-electron chi connectivity index (χ1n) is 8.97. The first-order chi connectivity index (χ1) is 12.3. The number of imidazole rings is 1. The number of likely N-dealkylation sites (N-methyl/N-ethyl adjacent to an activating group) is 1. The van der Waals surface area contributed by atoms with Crippen LogP contribution >= 0.6 is 0 Å². The molecule has 1 amide bonds. The molecule has 1 saturated heterocycles. The molecule has 0 aliphatic carbocycles. The standard InChI is InChI=1S/C18H28N6O2/c1-18(2,3)14(21-16(25)13-12-23(4)9-10-26-13)11-20-15-5-7-24-8-6-19-17(24)22-15/h5-8,13-14H,9-12H2,1-4H3,(H,21,25)(H,19,20,22).